The molecule has 0 aliphatic heterocycles. The van der Waals surface area contributed by atoms with Crippen molar-refractivity contribution in [3.63, 3.8) is 0 Å². The maximum Gasteiger partial charge on any atom is 0.342 e. The number of nitrogens with zero attached hydrogens (tertiary/aromatic N) is 3. The highest BCUT2D eigenvalue weighted by Gasteiger charge is 2.33. The molecule has 0 N–H and O–H groups in total. The van der Waals surface area contributed by atoms with E-state index in [1.54, 1.807) is 25.9 Å². The van der Waals surface area contributed by atoms with Gasteiger partial charge in [-0.1, -0.05) is 12.1 Å². The molecule has 0 unspecified atom stereocenters. The van der Waals surface area contributed by atoms with Gasteiger partial charge in [0.15, 0.2) is 0 Å². The van der Waals surface area contributed by atoms with Gasteiger partial charge in [-0.2, -0.15) is 0 Å². The second-order valence-corrected chi connectivity index (χ2v) is 7.71. The fraction of sp³-hybridized carbons (Fsp3) is 0.391. The number of hydrogen-bond acceptors (Lipinski definition) is 7. The molecule has 0 radical (unpaired) electrons. The molecule has 1 aromatic carbocycles. The Morgan fingerprint density at radius 3 is 2.59 bits per heavy atom. The van der Waals surface area contributed by atoms with Crippen molar-refractivity contribution in [2.75, 3.05) is 13.7 Å². The van der Waals surface area contributed by atoms with Gasteiger partial charge >= 0.3 is 5.97 Å². The number of hydrogen-bond donors (Lipinski definition) is 0. The van der Waals surface area contributed by atoms with Crippen molar-refractivity contribution >= 4 is 23.0 Å². The van der Waals surface area contributed by atoms with Crippen LogP contribution in [-0.4, -0.2) is 46.1 Å². The molecular weight excluding hydrogens is 414 g/mol. The van der Waals surface area contributed by atoms with Gasteiger partial charge in [0.1, 0.15) is 35.3 Å². The smallest absolute Gasteiger partial charge is 0.342 e. The van der Waals surface area contributed by atoms with E-state index >= 15 is 0 Å². The molecule has 9 nitrogen and oxygen atoms in total. The molecule has 1 fully saturated rings. The summed E-state index contributed by atoms with van der Waals surface area (Å²) in [5, 5.41) is 0.0318. The lowest BCUT2D eigenvalue weighted by Gasteiger charge is -2.23. The zero-order chi connectivity index (χ0) is 22.8. The predicted molar refractivity (Wildman–Crippen MR) is 116 cm³/mol. The van der Waals surface area contributed by atoms with E-state index in [0.29, 0.717) is 6.54 Å². The monoisotopic (exact) mass is 439 g/mol. The Morgan fingerprint density at radius 2 is 1.97 bits per heavy atom. The zero-order valence-corrected chi connectivity index (χ0v) is 18.3. The van der Waals surface area contributed by atoms with Crippen molar-refractivity contribution in [3.8, 4) is 5.75 Å². The van der Waals surface area contributed by atoms with Crippen molar-refractivity contribution in [2.45, 2.75) is 45.8 Å². The molecule has 1 aliphatic rings. The predicted octanol–water partition coefficient (Wildman–Crippen LogP) is 2.67. The molecule has 0 spiro atoms. The first kappa shape index (κ1) is 21.6. The number of amides is 1. The van der Waals surface area contributed by atoms with Crippen LogP contribution < -0.4 is 10.3 Å². The number of furan rings is 1. The molecule has 4 rings (SSSR count). The molecule has 168 valence electrons. The second kappa shape index (κ2) is 8.86. The number of methoxy groups -OCH3 is 1. The topological polar surface area (TPSA) is 104 Å². The summed E-state index contributed by atoms with van der Waals surface area (Å²) in [6.07, 6.45) is 3.14. The zero-order valence-electron chi connectivity index (χ0n) is 18.3. The van der Waals surface area contributed by atoms with Crippen LogP contribution in [0.1, 0.15) is 41.4 Å². The van der Waals surface area contributed by atoms with Gasteiger partial charge in [-0.15, -0.1) is 0 Å². The van der Waals surface area contributed by atoms with Crippen LogP contribution in [0.3, 0.4) is 0 Å². The Morgan fingerprint density at radius 1 is 1.25 bits per heavy atom. The first-order valence-corrected chi connectivity index (χ1v) is 10.5. The van der Waals surface area contributed by atoms with Crippen LogP contribution in [0.5, 0.6) is 5.75 Å². The quantitative estimate of drug-likeness (QED) is 0.497. The third-order valence-corrected chi connectivity index (χ3v) is 5.46. The van der Waals surface area contributed by atoms with E-state index in [9.17, 15) is 14.4 Å². The number of fused-ring (bicyclic) bond motifs is 1. The highest BCUT2D eigenvalue weighted by Crippen LogP contribution is 2.29. The summed E-state index contributed by atoms with van der Waals surface area (Å²) >= 11 is 0. The molecule has 2 aromatic heterocycles. The maximum absolute atomic E-state index is 13.1. The molecule has 0 atom stereocenters. The molecule has 1 amide bonds. The van der Waals surface area contributed by atoms with Crippen molar-refractivity contribution in [3.05, 3.63) is 57.8 Å². The average Bonchev–Trinajstić information content (AvgIpc) is 3.56. The number of carbonyl (C=O) groups excluding carboxylic acids is 2. The van der Waals surface area contributed by atoms with Crippen molar-refractivity contribution in [2.24, 2.45) is 0 Å². The SMILES string of the molecule is CCOC(=O)c1c(C)oc2ncn(CC(=O)N(Cc3ccc(OC)cc3)C3CC3)c(=O)c12. The van der Waals surface area contributed by atoms with Gasteiger partial charge in [0.25, 0.3) is 5.56 Å². The normalized spacial score (nSPS) is 13.2. The number of benzene rings is 1. The fourth-order valence-corrected chi connectivity index (χ4v) is 3.67. The Bertz CT molecular complexity index is 1210. The summed E-state index contributed by atoms with van der Waals surface area (Å²) in [6, 6.07) is 7.70. The van der Waals surface area contributed by atoms with Crippen molar-refractivity contribution in [1.82, 2.24) is 14.5 Å². The van der Waals surface area contributed by atoms with Crippen LogP contribution in [0.25, 0.3) is 11.1 Å². The molecule has 2 heterocycles. The molecule has 1 aliphatic carbocycles. The van der Waals surface area contributed by atoms with E-state index < -0.39 is 11.5 Å². The van der Waals surface area contributed by atoms with Gasteiger partial charge in [-0.25, -0.2) is 9.78 Å². The Hall–Kier alpha value is -3.62. The van der Waals surface area contributed by atoms with Gasteiger partial charge in [-0.05, 0) is 44.4 Å². The van der Waals surface area contributed by atoms with Crippen LogP contribution in [0.2, 0.25) is 0 Å². The van der Waals surface area contributed by atoms with Crippen LogP contribution in [-0.2, 0) is 22.6 Å². The van der Waals surface area contributed by atoms with Gasteiger partial charge < -0.3 is 18.8 Å². The number of aromatic nitrogens is 2. The van der Waals surface area contributed by atoms with E-state index in [1.807, 2.05) is 24.3 Å². The van der Waals surface area contributed by atoms with Crippen molar-refractivity contribution in [1.29, 1.82) is 0 Å². The first-order chi connectivity index (χ1) is 15.4. The molecular formula is C23H25N3O6. The lowest BCUT2D eigenvalue weighted by Crippen LogP contribution is -2.37. The minimum absolute atomic E-state index is 0.0318. The van der Waals surface area contributed by atoms with E-state index in [0.717, 1.165) is 24.2 Å². The molecule has 3 aromatic rings. The number of ether oxygens (including phenoxy) is 2. The average molecular weight is 439 g/mol. The lowest BCUT2D eigenvalue weighted by atomic mass is 10.2. The highest BCUT2D eigenvalue weighted by atomic mass is 16.5. The third kappa shape index (κ3) is 4.23. The number of rotatable bonds is 8. The number of esters is 1. The van der Waals surface area contributed by atoms with Crippen LogP contribution in [0, 0.1) is 6.92 Å². The molecule has 9 heteroatoms. The van der Waals surface area contributed by atoms with Gasteiger partial charge in [-0.3, -0.25) is 14.2 Å². The minimum atomic E-state index is -0.647. The maximum atomic E-state index is 13.1. The summed E-state index contributed by atoms with van der Waals surface area (Å²) in [7, 11) is 1.60. The summed E-state index contributed by atoms with van der Waals surface area (Å²) in [4.78, 5) is 44.5. The van der Waals surface area contributed by atoms with E-state index in [1.165, 1.54) is 10.9 Å². The molecule has 0 saturated heterocycles. The Balaban J connectivity index is 1.60. The number of carbonyl (C=O) groups is 2. The standard InChI is InChI=1S/C23H25N3O6/c1-4-31-23(29)19-14(2)32-21-20(19)22(28)25(13-24-21)12-18(27)26(16-7-8-16)11-15-5-9-17(30-3)10-6-15/h5-6,9-10,13,16H,4,7-8,11-12H2,1-3H3. The second-order valence-electron chi connectivity index (χ2n) is 7.71. The molecule has 1 saturated carbocycles. The summed E-state index contributed by atoms with van der Waals surface area (Å²) < 4.78 is 16.9. The Kier molecular flexibility index (Phi) is 5.98. The van der Waals surface area contributed by atoms with Crippen LogP contribution in [0.4, 0.5) is 0 Å². The summed E-state index contributed by atoms with van der Waals surface area (Å²) in [5.41, 5.74) is 0.570. The fourth-order valence-electron chi connectivity index (χ4n) is 3.67. The van der Waals surface area contributed by atoms with Gasteiger partial charge in [0, 0.05) is 12.6 Å². The Labute approximate surface area is 184 Å². The third-order valence-electron chi connectivity index (χ3n) is 5.46. The van der Waals surface area contributed by atoms with Gasteiger partial charge in [0.2, 0.25) is 11.6 Å². The lowest BCUT2D eigenvalue weighted by molar-refractivity contribution is -0.133. The van der Waals surface area contributed by atoms with E-state index in [4.69, 9.17) is 13.9 Å². The van der Waals surface area contributed by atoms with E-state index in [2.05, 4.69) is 4.98 Å². The summed E-state index contributed by atoms with van der Waals surface area (Å²) in [6.45, 7) is 3.68. The minimum Gasteiger partial charge on any atom is -0.497 e. The largest absolute Gasteiger partial charge is 0.497 e. The first-order valence-electron chi connectivity index (χ1n) is 10.5. The van der Waals surface area contributed by atoms with E-state index in [-0.39, 0.29) is 47.5 Å². The van der Waals surface area contributed by atoms with Crippen LogP contribution in [0.15, 0.2) is 39.8 Å². The van der Waals surface area contributed by atoms with Crippen LogP contribution >= 0.6 is 0 Å². The highest BCUT2D eigenvalue weighted by molar-refractivity contribution is 6.03. The summed E-state index contributed by atoms with van der Waals surface area (Å²) in [5.74, 6) is 0.165. The molecule has 32 heavy (non-hydrogen) atoms. The number of aryl methyl sites for hydroxylation is 1. The van der Waals surface area contributed by atoms with Crippen molar-refractivity contribution < 1.29 is 23.5 Å². The molecule has 0 bridgehead atoms. The van der Waals surface area contributed by atoms with Gasteiger partial charge in [0.05, 0.1) is 13.7 Å².